The second kappa shape index (κ2) is 8.19. The van der Waals surface area contributed by atoms with E-state index in [1.807, 2.05) is 12.3 Å². The van der Waals surface area contributed by atoms with Gasteiger partial charge in [-0.3, -0.25) is 0 Å². The zero-order chi connectivity index (χ0) is 13.4. The molecule has 1 aromatic heterocycles. The Morgan fingerprint density at radius 1 is 1.22 bits per heavy atom. The molecule has 0 bridgehead atoms. The Bertz CT molecular complexity index is 357. The van der Waals surface area contributed by atoms with Gasteiger partial charge in [-0.2, -0.15) is 0 Å². The number of aromatic nitrogens is 2. The van der Waals surface area contributed by atoms with Crippen LogP contribution in [-0.4, -0.2) is 28.8 Å². The number of thioether (sulfide) groups is 1. The molecule has 2 N–H and O–H groups in total. The minimum absolute atomic E-state index is 0.443. The molecule has 0 fully saturated rings. The van der Waals surface area contributed by atoms with E-state index in [4.69, 9.17) is 0 Å². The summed E-state index contributed by atoms with van der Waals surface area (Å²) >= 11 is 1.57. The standard InChI is InChI=1S/C13H24N4S/c1-5-7-10(3)15-12-9-11(14-8-6-2)16-13(17-12)18-4/h9-10H,5-8H2,1-4H3,(H2,14,15,16,17). The molecule has 1 unspecified atom stereocenters. The van der Waals surface area contributed by atoms with Crippen molar-refractivity contribution in [1.82, 2.24) is 9.97 Å². The SMILES string of the molecule is CCCNc1cc(NC(C)CCC)nc(SC)n1. The van der Waals surface area contributed by atoms with E-state index in [0.717, 1.165) is 36.2 Å². The van der Waals surface area contributed by atoms with Crippen molar-refractivity contribution in [3.63, 3.8) is 0 Å². The molecule has 102 valence electrons. The first-order valence-corrected chi connectivity index (χ1v) is 7.85. The fourth-order valence-corrected chi connectivity index (χ4v) is 2.07. The normalized spacial score (nSPS) is 12.2. The van der Waals surface area contributed by atoms with Crippen LogP contribution in [0.1, 0.15) is 40.0 Å². The highest BCUT2D eigenvalue weighted by Gasteiger charge is 2.06. The predicted molar refractivity (Wildman–Crippen MR) is 80.6 cm³/mol. The van der Waals surface area contributed by atoms with E-state index in [1.165, 1.54) is 6.42 Å². The van der Waals surface area contributed by atoms with Gasteiger partial charge in [-0.25, -0.2) is 9.97 Å². The Morgan fingerprint density at radius 2 is 1.94 bits per heavy atom. The molecule has 0 aliphatic carbocycles. The summed E-state index contributed by atoms with van der Waals surface area (Å²) in [6.45, 7) is 7.46. The molecule has 1 atom stereocenters. The highest BCUT2D eigenvalue weighted by molar-refractivity contribution is 7.98. The van der Waals surface area contributed by atoms with E-state index >= 15 is 0 Å². The van der Waals surface area contributed by atoms with Crippen molar-refractivity contribution in [3.05, 3.63) is 6.07 Å². The molecule has 5 heteroatoms. The highest BCUT2D eigenvalue weighted by atomic mass is 32.2. The second-order valence-electron chi connectivity index (χ2n) is 4.39. The molecule has 0 aromatic carbocycles. The third-order valence-corrected chi connectivity index (χ3v) is 3.11. The number of hydrogen-bond donors (Lipinski definition) is 2. The van der Waals surface area contributed by atoms with Crippen LogP contribution in [0.4, 0.5) is 11.6 Å². The Balaban J connectivity index is 2.76. The van der Waals surface area contributed by atoms with Crippen molar-refractivity contribution < 1.29 is 0 Å². The lowest BCUT2D eigenvalue weighted by Crippen LogP contribution is -2.16. The van der Waals surface area contributed by atoms with Crippen molar-refractivity contribution >= 4 is 23.4 Å². The minimum atomic E-state index is 0.443. The van der Waals surface area contributed by atoms with Crippen LogP contribution in [0.5, 0.6) is 0 Å². The summed E-state index contributed by atoms with van der Waals surface area (Å²) in [5, 5.41) is 7.55. The Labute approximate surface area is 114 Å². The van der Waals surface area contributed by atoms with Gasteiger partial charge in [-0.05, 0) is 26.0 Å². The first-order chi connectivity index (χ1) is 8.69. The summed E-state index contributed by atoms with van der Waals surface area (Å²) in [5.41, 5.74) is 0. The van der Waals surface area contributed by atoms with Crippen molar-refractivity contribution in [2.45, 2.75) is 51.2 Å². The first kappa shape index (κ1) is 15.1. The van der Waals surface area contributed by atoms with Crippen molar-refractivity contribution in [1.29, 1.82) is 0 Å². The molecule has 0 spiro atoms. The Morgan fingerprint density at radius 3 is 2.56 bits per heavy atom. The number of rotatable bonds is 8. The number of anilines is 2. The molecule has 18 heavy (non-hydrogen) atoms. The van der Waals surface area contributed by atoms with Crippen molar-refractivity contribution in [2.75, 3.05) is 23.4 Å². The molecule has 0 radical (unpaired) electrons. The fraction of sp³-hybridized carbons (Fsp3) is 0.692. The lowest BCUT2D eigenvalue weighted by Gasteiger charge is -2.15. The maximum atomic E-state index is 4.48. The topological polar surface area (TPSA) is 49.8 Å². The molecule has 1 heterocycles. The van der Waals surface area contributed by atoms with Gasteiger partial charge in [0.15, 0.2) is 5.16 Å². The van der Waals surface area contributed by atoms with Crippen LogP contribution in [0, 0.1) is 0 Å². The highest BCUT2D eigenvalue weighted by Crippen LogP contribution is 2.18. The summed E-state index contributed by atoms with van der Waals surface area (Å²) in [4.78, 5) is 8.93. The van der Waals surface area contributed by atoms with Gasteiger partial charge >= 0.3 is 0 Å². The lowest BCUT2D eigenvalue weighted by molar-refractivity contribution is 0.685. The van der Waals surface area contributed by atoms with E-state index in [1.54, 1.807) is 11.8 Å². The predicted octanol–water partition coefficient (Wildman–Crippen LogP) is 3.62. The summed E-state index contributed by atoms with van der Waals surface area (Å²) < 4.78 is 0. The molecule has 0 saturated carbocycles. The third-order valence-electron chi connectivity index (χ3n) is 2.56. The summed E-state index contributed by atoms with van der Waals surface area (Å²) in [6.07, 6.45) is 5.41. The largest absolute Gasteiger partial charge is 0.370 e. The molecule has 0 aliphatic rings. The maximum absolute atomic E-state index is 4.48. The third kappa shape index (κ3) is 5.12. The van der Waals surface area contributed by atoms with Crippen LogP contribution in [-0.2, 0) is 0 Å². The average Bonchev–Trinajstić information content (AvgIpc) is 2.36. The average molecular weight is 268 g/mol. The van der Waals surface area contributed by atoms with Crippen LogP contribution >= 0.6 is 11.8 Å². The van der Waals surface area contributed by atoms with Crippen LogP contribution in [0.2, 0.25) is 0 Å². The number of nitrogens with one attached hydrogen (secondary N) is 2. The van der Waals surface area contributed by atoms with Gasteiger partial charge in [0.1, 0.15) is 11.6 Å². The van der Waals surface area contributed by atoms with E-state index in [9.17, 15) is 0 Å². The van der Waals surface area contributed by atoms with Crippen LogP contribution in [0.3, 0.4) is 0 Å². The van der Waals surface area contributed by atoms with E-state index in [-0.39, 0.29) is 0 Å². The smallest absolute Gasteiger partial charge is 0.191 e. The second-order valence-corrected chi connectivity index (χ2v) is 5.16. The summed E-state index contributed by atoms with van der Waals surface area (Å²) in [6, 6.07) is 2.43. The van der Waals surface area contributed by atoms with Crippen molar-refractivity contribution in [2.24, 2.45) is 0 Å². The number of nitrogens with zero attached hydrogens (tertiary/aromatic N) is 2. The number of hydrogen-bond acceptors (Lipinski definition) is 5. The van der Waals surface area contributed by atoms with Crippen LogP contribution < -0.4 is 10.6 Å². The van der Waals surface area contributed by atoms with E-state index < -0.39 is 0 Å². The zero-order valence-electron chi connectivity index (χ0n) is 11.8. The fourth-order valence-electron chi connectivity index (χ4n) is 1.69. The molecule has 0 saturated heterocycles. The van der Waals surface area contributed by atoms with Gasteiger partial charge in [0, 0.05) is 18.7 Å². The molecule has 0 amide bonds. The van der Waals surface area contributed by atoms with E-state index in [2.05, 4.69) is 41.4 Å². The molecular formula is C13H24N4S. The zero-order valence-corrected chi connectivity index (χ0v) is 12.6. The van der Waals surface area contributed by atoms with Gasteiger partial charge < -0.3 is 10.6 Å². The van der Waals surface area contributed by atoms with Gasteiger partial charge in [0.25, 0.3) is 0 Å². The van der Waals surface area contributed by atoms with Crippen LogP contribution in [0.15, 0.2) is 11.2 Å². The summed E-state index contributed by atoms with van der Waals surface area (Å²) in [5.74, 6) is 1.82. The summed E-state index contributed by atoms with van der Waals surface area (Å²) in [7, 11) is 0. The van der Waals surface area contributed by atoms with E-state index in [0.29, 0.717) is 6.04 Å². The molecule has 1 rings (SSSR count). The molecule has 1 aromatic rings. The minimum Gasteiger partial charge on any atom is -0.370 e. The monoisotopic (exact) mass is 268 g/mol. The maximum Gasteiger partial charge on any atom is 0.191 e. The molecule has 0 aliphatic heterocycles. The first-order valence-electron chi connectivity index (χ1n) is 6.63. The Kier molecular flexibility index (Phi) is 6.86. The molecular weight excluding hydrogens is 244 g/mol. The van der Waals surface area contributed by atoms with Gasteiger partial charge in [0.05, 0.1) is 0 Å². The van der Waals surface area contributed by atoms with Gasteiger partial charge in [0.2, 0.25) is 0 Å². The van der Waals surface area contributed by atoms with Crippen LogP contribution in [0.25, 0.3) is 0 Å². The van der Waals surface area contributed by atoms with Gasteiger partial charge in [-0.15, -0.1) is 0 Å². The molecule has 4 nitrogen and oxygen atoms in total. The lowest BCUT2D eigenvalue weighted by atomic mass is 10.2. The van der Waals surface area contributed by atoms with Crippen molar-refractivity contribution in [3.8, 4) is 0 Å². The quantitative estimate of drug-likeness (QED) is 0.557. The van der Waals surface area contributed by atoms with Gasteiger partial charge in [-0.1, -0.05) is 32.0 Å². The Hall–Kier alpha value is -0.970.